The summed E-state index contributed by atoms with van der Waals surface area (Å²) in [5.41, 5.74) is 1.72. The Labute approximate surface area is 128 Å². The highest BCUT2D eigenvalue weighted by Gasteiger charge is 2.08. The van der Waals surface area contributed by atoms with Crippen molar-refractivity contribution in [2.75, 3.05) is 5.32 Å². The van der Waals surface area contributed by atoms with Crippen molar-refractivity contribution in [2.24, 2.45) is 0 Å². The average molecular weight is 290 g/mol. The molecule has 0 bridgehead atoms. The van der Waals surface area contributed by atoms with Gasteiger partial charge in [-0.3, -0.25) is 4.98 Å². The molecular weight excluding hydrogens is 276 g/mol. The molecule has 0 fully saturated rings. The lowest BCUT2D eigenvalue weighted by atomic mass is 10.1. The van der Waals surface area contributed by atoms with Crippen LogP contribution in [0.1, 0.15) is 24.1 Å². The van der Waals surface area contributed by atoms with Crippen LogP contribution in [0.2, 0.25) is 0 Å². The summed E-state index contributed by atoms with van der Waals surface area (Å²) in [4.78, 5) is 8.67. The molecule has 0 spiro atoms. The molecule has 0 aliphatic carbocycles. The van der Waals surface area contributed by atoms with Gasteiger partial charge in [0.2, 0.25) is 0 Å². The second kappa shape index (κ2) is 6.06. The Morgan fingerprint density at radius 3 is 2.73 bits per heavy atom. The molecule has 2 aromatic heterocycles. The lowest BCUT2D eigenvalue weighted by molar-refractivity contribution is 0.823. The first kappa shape index (κ1) is 13.8. The topological polar surface area (TPSA) is 79.4 Å². The van der Waals surface area contributed by atoms with E-state index in [9.17, 15) is 0 Å². The van der Waals surface area contributed by atoms with Gasteiger partial charge in [-0.2, -0.15) is 10.4 Å². The number of aromatic nitrogens is 4. The van der Waals surface area contributed by atoms with E-state index in [2.05, 4.69) is 26.5 Å². The summed E-state index contributed by atoms with van der Waals surface area (Å²) in [7, 11) is 0. The minimum Gasteiger partial charge on any atom is -0.362 e. The zero-order valence-electron chi connectivity index (χ0n) is 12.0. The van der Waals surface area contributed by atoms with Gasteiger partial charge in [0.15, 0.2) is 5.82 Å². The van der Waals surface area contributed by atoms with E-state index in [1.54, 1.807) is 35.4 Å². The predicted octanol–water partition coefficient (Wildman–Crippen LogP) is 2.71. The van der Waals surface area contributed by atoms with Gasteiger partial charge in [-0.25, -0.2) is 9.67 Å². The Bertz CT molecular complexity index is 786. The van der Waals surface area contributed by atoms with Gasteiger partial charge in [-0.1, -0.05) is 12.1 Å². The van der Waals surface area contributed by atoms with Crippen molar-refractivity contribution in [1.29, 1.82) is 5.26 Å². The molecule has 0 saturated heterocycles. The highest BCUT2D eigenvalue weighted by Crippen LogP contribution is 2.18. The number of benzene rings is 1. The third-order valence-electron chi connectivity index (χ3n) is 3.27. The Kier molecular flexibility index (Phi) is 3.79. The molecule has 1 N–H and O–H groups in total. The monoisotopic (exact) mass is 290 g/mol. The van der Waals surface area contributed by atoms with Crippen LogP contribution < -0.4 is 5.32 Å². The average Bonchev–Trinajstić information content (AvgIpc) is 3.10. The van der Waals surface area contributed by atoms with Crippen LogP contribution in [0.5, 0.6) is 0 Å². The van der Waals surface area contributed by atoms with Gasteiger partial charge in [0.1, 0.15) is 5.82 Å². The Morgan fingerprint density at radius 2 is 2.05 bits per heavy atom. The molecule has 0 aliphatic heterocycles. The van der Waals surface area contributed by atoms with Gasteiger partial charge >= 0.3 is 0 Å². The first-order valence-corrected chi connectivity index (χ1v) is 6.85. The maximum atomic E-state index is 8.83. The summed E-state index contributed by atoms with van der Waals surface area (Å²) in [5.74, 6) is 1.33. The van der Waals surface area contributed by atoms with Crippen LogP contribution in [-0.4, -0.2) is 19.7 Å². The zero-order valence-corrected chi connectivity index (χ0v) is 12.0. The molecule has 1 aromatic carbocycles. The fourth-order valence-corrected chi connectivity index (χ4v) is 2.09. The van der Waals surface area contributed by atoms with Crippen LogP contribution in [0, 0.1) is 11.3 Å². The molecule has 0 amide bonds. The minimum atomic E-state index is 0.0508. The molecule has 6 nitrogen and oxygen atoms in total. The van der Waals surface area contributed by atoms with E-state index in [1.165, 1.54) is 0 Å². The molecule has 22 heavy (non-hydrogen) atoms. The van der Waals surface area contributed by atoms with Crippen molar-refractivity contribution < 1.29 is 0 Å². The SMILES string of the molecule is CC(Nc1cncc(-n2cccn2)n1)c1ccc(C#N)cc1. The summed E-state index contributed by atoms with van der Waals surface area (Å²) >= 11 is 0. The van der Waals surface area contributed by atoms with Crippen molar-refractivity contribution in [3.05, 3.63) is 66.2 Å². The van der Waals surface area contributed by atoms with Gasteiger partial charge in [0.05, 0.1) is 24.0 Å². The summed E-state index contributed by atoms with van der Waals surface area (Å²) in [6.45, 7) is 2.03. The van der Waals surface area contributed by atoms with Crippen LogP contribution in [-0.2, 0) is 0 Å². The standard InChI is InChI=1S/C16H14N6/c1-12(14-5-3-13(9-17)4-6-14)20-15-10-18-11-16(21-15)22-8-2-7-19-22/h2-8,10-12H,1H3,(H,20,21). The number of nitriles is 1. The van der Waals surface area contributed by atoms with E-state index in [-0.39, 0.29) is 6.04 Å². The van der Waals surface area contributed by atoms with E-state index in [0.717, 1.165) is 5.56 Å². The summed E-state index contributed by atoms with van der Waals surface area (Å²) in [6, 6.07) is 11.5. The maximum absolute atomic E-state index is 8.83. The highest BCUT2D eigenvalue weighted by molar-refractivity contribution is 5.40. The Morgan fingerprint density at radius 1 is 1.23 bits per heavy atom. The number of hydrogen-bond acceptors (Lipinski definition) is 5. The van der Waals surface area contributed by atoms with Gasteiger partial charge in [-0.15, -0.1) is 0 Å². The van der Waals surface area contributed by atoms with Crippen LogP contribution in [0.25, 0.3) is 5.82 Å². The van der Waals surface area contributed by atoms with E-state index in [1.807, 2.05) is 31.3 Å². The molecule has 0 radical (unpaired) electrons. The minimum absolute atomic E-state index is 0.0508. The van der Waals surface area contributed by atoms with E-state index < -0.39 is 0 Å². The Balaban J connectivity index is 1.77. The maximum Gasteiger partial charge on any atom is 0.173 e. The molecule has 2 heterocycles. The molecule has 3 rings (SSSR count). The summed E-state index contributed by atoms with van der Waals surface area (Å²) in [6.07, 6.45) is 6.84. The highest BCUT2D eigenvalue weighted by atomic mass is 15.3. The summed E-state index contributed by atoms with van der Waals surface area (Å²) < 4.78 is 1.66. The molecule has 108 valence electrons. The smallest absolute Gasteiger partial charge is 0.173 e. The third kappa shape index (κ3) is 2.94. The summed E-state index contributed by atoms with van der Waals surface area (Å²) in [5, 5.41) is 16.3. The lowest BCUT2D eigenvalue weighted by Crippen LogP contribution is -2.10. The van der Waals surface area contributed by atoms with Crippen molar-refractivity contribution >= 4 is 5.82 Å². The van der Waals surface area contributed by atoms with Crippen LogP contribution >= 0.6 is 0 Å². The first-order valence-electron chi connectivity index (χ1n) is 6.85. The van der Waals surface area contributed by atoms with E-state index >= 15 is 0 Å². The van der Waals surface area contributed by atoms with Gasteiger partial charge in [0.25, 0.3) is 0 Å². The molecule has 3 aromatic rings. The molecular formula is C16H14N6. The fraction of sp³-hybridized carbons (Fsp3) is 0.125. The molecule has 1 unspecified atom stereocenters. The zero-order chi connectivity index (χ0) is 15.4. The molecule has 1 atom stereocenters. The number of rotatable bonds is 4. The first-order chi connectivity index (χ1) is 10.8. The van der Waals surface area contributed by atoms with Gasteiger partial charge < -0.3 is 5.32 Å². The lowest BCUT2D eigenvalue weighted by Gasteiger charge is -2.15. The molecule has 0 aliphatic rings. The fourth-order valence-electron chi connectivity index (χ4n) is 2.09. The van der Waals surface area contributed by atoms with Crippen molar-refractivity contribution in [3.63, 3.8) is 0 Å². The quantitative estimate of drug-likeness (QED) is 0.799. The number of hydrogen-bond donors (Lipinski definition) is 1. The second-order valence-electron chi connectivity index (χ2n) is 4.81. The van der Waals surface area contributed by atoms with Gasteiger partial charge in [-0.05, 0) is 30.7 Å². The van der Waals surface area contributed by atoms with Crippen LogP contribution in [0.3, 0.4) is 0 Å². The van der Waals surface area contributed by atoms with E-state index in [0.29, 0.717) is 17.2 Å². The Hall–Kier alpha value is -3.20. The van der Waals surface area contributed by atoms with Crippen molar-refractivity contribution in [2.45, 2.75) is 13.0 Å². The van der Waals surface area contributed by atoms with Gasteiger partial charge in [0, 0.05) is 18.4 Å². The van der Waals surface area contributed by atoms with Crippen molar-refractivity contribution in [1.82, 2.24) is 19.7 Å². The third-order valence-corrected chi connectivity index (χ3v) is 3.27. The number of anilines is 1. The molecule has 6 heteroatoms. The number of nitrogens with one attached hydrogen (secondary N) is 1. The van der Waals surface area contributed by atoms with Crippen LogP contribution in [0.15, 0.2) is 55.1 Å². The second-order valence-corrected chi connectivity index (χ2v) is 4.81. The predicted molar refractivity (Wildman–Crippen MR) is 82.3 cm³/mol. The van der Waals surface area contributed by atoms with Crippen molar-refractivity contribution in [3.8, 4) is 11.9 Å². The largest absolute Gasteiger partial charge is 0.362 e. The number of nitrogens with zero attached hydrogens (tertiary/aromatic N) is 5. The van der Waals surface area contributed by atoms with E-state index in [4.69, 9.17) is 5.26 Å². The molecule has 0 saturated carbocycles. The van der Waals surface area contributed by atoms with Crippen LogP contribution in [0.4, 0.5) is 5.82 Å². The normalized spacial score (nSPS) is 11.6.